The van der Waals surface area contributed by atoms with Gasteiger partial charge >= 0.3 is 0 Å². The van der Waals surface area contributed by atoms with Crippen molar-refractivity contribution in [3.8, 4) is 16.9 Å². The van der Waals surface area contributed by atoms with E-state index in [9.17, 15) is 9.50 Å². The number of halogens is 2. The van der Waals surface area contributed by atoms with E-state index in [1.807, 2.05) is 6.92 Å². The lowest BCUT2D eigenvalue weighted by Gasteiger charge is -2.08. The van der Waals surface area contributed by atoms with E-state index in [-0.39, 0.29) is 11.6 Å². The molecule has 3 heteroatoms. The zero-order chi connectivity index (χ0) is 11.7. The van der Waals surface area contributed by atoms with Gasteiger partial charge in [-0.1, -0.05) is 23.8 Å². The number of hydrogen-bond acceptors (Lipinski definition) is 1. The molecule has 82 valence electrons. The minimum Gasteiger partial charge on any atom is -0.507 e. The predicted octanol–water partition coefficient (Wildman–Crippen LogP) is 4.27. The van der Waals surface area contributed by atoms with E-state index in [0.29, 0.717) is 15.6 Å². The second-order valence-corrected chi connectivity index (χ2v) is 4.48. The minimum absolute atomic E-state index is 0.0857. The maximum absolute atomic E-state index is 13.8. The molecule has 0 amide bonds. The third kappa shape index (κ3) is 1.95. The third-order valence-corrected chi connectivity index (χ3v) is 3.01. The zero-order valence-electron chi connectivity index (χ0n) is 8.67. The van der Waals surface area contributed by atoms with Crippen LogP contribution in [0.3, 0.4) is 0 Å². The number of aromatic hydroxyl groups is 1. The van der Waals surface area contributed by atoms with Crippen LogP contribution in [-0.4, -0.2) is 5.11 Å². The van der Waals surface area contributed by atoms with Crippen molar-refractivity contribution < 1.29 is 9.50 Å². The van der Waals surface area contributed by atoms with Gasteiger partial charge in [-0.25, -0.2) is 4.39 Å². The first kappa shape index (κ1) is 11.1. The molecule has 0 aliphatic rings. The summed E-state index contributed by atoms with van der Waals surface area (Å²) in [7, 11) is 0. The van der Waals surface area contributed by atoms with Crippen LogP contribution in [0.4, 0.5) is 4.39 Å². The van der Waals surface area contributed by atoms with Crippen molar-refractivity contribution in [1.29, 1.82) is 0 Å². The lowest BCUT2D eigenvalue weighted by atomic mass is 10.0. The van der Waals surface area contributed by atoms with Crippen LogP contribution >= 0.6 is 15.9 Å². The van der Waals surface area contributed by atoms with Crippen molar-refractivity contribution in [2.24, 2.45) is 0 Å². The van der Waals surface area contributed by atoms with Crippen LogP contribution in [0.25, 0.3) is 11.1 Å². The van der Waals surface area contributed by atoms with Crippen LogP contribution in [0.1, 0.15) is 5.56 Å². The molecular weight excluding hydrogens is 271 g/mol. The van der Waals surface area contributed by atoms with E-state index in [1.165, 1.54) is 0 Å². The molecule has 0 aliphatic carbocycles. The topological polar surface area (TPSA) is 20.2 Å². The molecule has 0 unspecified atom stereocenters. The van der Waals surface area contributed by atoms with Crippen LogP contribution in [0.15, 0.2) is 40.9 Å². The normalized spacial score (nSPS) is 10.4. The molecule has 0 heterocycles. The number of phenolic OH excluding ortho intramolecular Hbond substituents is 1. The number of phenols is 1. The maximum atomic E-state index is 13.8. The summed E-state index contributed by atoms with van der Waals surface area (Å²) in [5.74, 6) is -0.272. The van der Waals surface area contributed by atoms with Crippen molar-refractivity contribution in [2.75, 3.05) is 0 Å². The fourth-order valence-electron chi connectivity index (χ4n) is 1.58. The van der Waals surface area contributed by atoms with Gasteiger partial charge in [0, 0.05) is 11.1 Å². The molecule has 0 radical (unpaired) electrons. The first-order chi connectivity index (χ1) is 7.59. The fraction of sp³-hybridized carbons (Fsp3) is 0.0769. The lowest BCUT2D eigenvalue weighted by molar-refractivity contribution is 0.476. The lowest BCUT2D eigenvalue weighted by Crippen LogP contribution is -1.87. The molecule has 0 bridgehead atoms. The number of aryl methyl sites for hydroxylation is 1. The summed E-state index contributed by atoms with van der Waals surface area (Å²) in [6, 6.07) is 10.1. The molecule has 0 aromatic heterocycles. The Morgan fingerprint density at radius 2 is 1.88 bits per heavy atom. The molecule has 0 atom stereocenters. The summed E-state index contributed by atoms with van der Waals surface area (Å²) >= 11 is 3.13. The van der Waals surface area contributed by atoms with Gasteiger partial charge in [0.1, 0.15) is 11.6 Å². The number of hydrogen-bond donors (Lipinski definition) is 1. The van der Waals surface area contributed by atoms with Crippen LogP contribution in [-0.2, 0) is 0 Å². The van der Waals surface area contributed by atoms with Crippen LogP contribution in [0.2, 0.25) is 0 Å². The molecule has 0 fully saturated rings. The van der Waals surface area contributed by atoms with Crippen molar-refractivity contribution in [3.05, 3.63) is 52.3 Å². The van der Waals surface area contributed by atoms with E-state index in [0.717, 1.165) is 5.56 Å². The first-order valence-corrected chi connectivity index (χ1v) is 5.63. The average Bonchev–Trinajstić information content (AvgIpc) is 2.26. The quantitative estimate of drug-likeness (QED) is 0.827. The van der Waals surface area contributed by atoms with Gasteiger partial charge in [0.25, 0.3) is 0 Å². The highest BCUT2D eigenvalue weighted by Crippen LogP contribution is 2.34. The van der Waals surface area contributed by atoms with E-state index in [2.05, 4.69) is 15.9 Å². The molecule has 2 aromatic rings. The van der Waals surface area contributed by atoms with Crippen molar-refractivity contribution in [3.63, 3.8) is 0 Å². The molecule has 0 aliphatic heterocycles. The second-order valence-electron chi connectivity index (χ2n) is 3.62. The Bertz CT molecular complexity index is 537. The third-order valence-electron chi connectivity index (χ3n) is 2.39. The van der Waals surface area contributed by atoms with Gasteiger partial charge < -0.3 is 5.11 Å². The number of benzene rings is 2. The van der Waals surface area contributed by atoms with Crippen LogP contribution < -0.4 is 0 Å². The van der Waals surface area contributed by atoms with E-state index < -0.39 is 0 Å². The van der Waals surface area contributed by atoms with Crippen molar-refractivity contribution in [2.45, 2.75) is 6.92 Å². The summed E-state index contributed by atoms with van der Waals surface area (Å²) in [4.78, 5) is 0. The SMILES string of the molecule is Cc1ccc(O)c(-c2cccc(Br)c2F)c1. The fourth-order valence-corrected chi connectivity index (χ4v) is 1.94. The summed E-state index contributed by atoms with van der Waals surface area (Å²) in [6.07, 6.45) is 0. The molecule has 0 saturated carbocycles. The largest absolute Gasteiger partial charge is 0.507 e. The van der Waals surface area contributed by atoms with Gasteiger partial charge in [0.05, 0.1) is 4.47 Å². The van der Waals surface area contributed by atoms with Gasteiger partial charge in [0.15, 0.2) is 0 Å². The molecule has 0 spiro atoms. The van der Waals surface area contributed by atoms with Gasteiger partial charge in [-0.2, -0.15) is 0 Å². The van der Waals surface area contributed by atoms with Crippen molar-refractivity contribution >= 4 is 15.9 Å². The summed E-state index contributed by atoms with van der Waals surface area (Å²) in [5.41, 5.74) is 1.89. The van der Waals surface area contributed by atoms with Gasteiger partial charge in [-0.05, 0) is 41.1 Å². The Labute approximate surface area is 102 Å². The minimum atomic E-state index is -0.358. The van der Waals surface area contributed by atoms with E-state index in [4.69, 9.17) is 0 Å². The van der Waals surface area contributed by atoms with Crippen LogP contribution in [0.5, 0.6) is 5.75 Å². The molecule has 1 nitrogen and oxygen atoms in total. The molecule has 1 N–H and O–H groups in total. The summed E-state index contributed by atoms with van der Waals surface area (Å²) in [5, 5.41) is 9.72. The van der Waals surface area contributed by atoms with E-state index >= 15 is 0 Å². The van der Waals surface area contributed by atoms with Crippen molar-refractivity contribution in [1.82, 2.24) is 0 Å². The second kappa shape index (κ2) is 4.26. The highest BCUT2D eigenvalue weighted by atomic mass is 79.9. The summed E-state index contributed by atoms with van der Waals surface area (Å²) in [6.45, 7) is 1.90. The zero-order valence-corrected chi connectivity index (χ0v) is 10.3. The molecule has 16 heavy (non-hydrogen) atoms. The summed E-state index contributed by atoms with van der Waals surface area (Å²) < 4.78 is 14.2. The standard InChI is InChI=1S/C13H10BrFO/c1-8-5-6-12(16)10(7-8)9-3-2-4-11(14)13(9)15/h2-7,16H,1H3. The van der Waals surface area contributed by atoms with Gasteiger partial charge in [-0.15, -0.1) is 0 Å². The smallest absolute Gasteiger partial charge is 0.145 e. The van der Waals surface area contributed by atoms with Gasteiger partial charge in [0.2, 0.25) is 0 Å². The monoisotopic (exact) mass is 280 g/mol. The molecular formula is C13H10BrFO. The average molecular weight is 281 g/mol. The first-order valence-electron chi connectivity index (χ1n) is 4.83. The Morgan fingerprint density at radius 1 is 1.12 bits per heavy atom. The Kier molecular flexibility index (Phi) is 2.97. The van der Waals surface area contributed by atoms with Gasteiger partial charge in [-0.3, -0.25) is 0 Å². The van der Waals surface area contributed by atoms with E-state index in [1.54, 1.807) is 36.4 Å². The highest BCUT2D eigenvalue weighted by molar-refractivity contribution is 9.10. The predicted molar refractivity (Wildman–Crippen MR) is 65.9 cm³/mol. The maximum Gasteiger partial charge on any atom is 0.145 e. The molecule has 2 rings (SSSR count). The molecule has 2 aromatic carbocycles. The molecule has 0 saturated heterocycles. The number of rotatable bonds is 1. The highest BCUT2D eigenvalue weighted by Gasteiger charge is 2.11. The Balaban J connectivity index is 2.67. The van der Waals surface area contributed by atoms with Crippen LogP contribution in [0, 0.1) is 12.7 Å². The Hall–Kier alpha value is -1.35. The Morgan fingerprint density at radius 3 is 2.62 bits per heavy atom.